The molecule has 3 N–H and O–H groups in total. The first-order valence-electron chi connectivity index (χ1n) is 8.88. The highest BCUT2D eigenvalue weighted by atomic mass is 19.1. The topological polar surface area (TPSA) is 125 Å². The Hall–Kier alpha value is -4.05. The van der Waals surface area contributed by atoms with Gasteiger partial charge in [0.05, 0.1) is 23.0 Å². The van der Waals surface area contributed by atoms with Gasteiger partial charge in [0.1, 0.15) is 5.82 Å². The molecule has 4 aromatic rings. The number of nitrogens with two attached hydrogens (primary N) is 1. The molecule has 1 amide bonds. The molecule has 0 bridgehead atoms. The summed E-state index contributed by atoms with van der Waals surface area (Å²) < 4.78 is 26.1. The molecule has 0 atom stereocenters. The van der Waals surface area contributed by atoms with Crippen LogP contribution in [0.25, 0.3) is 16.9 Å². The molecule has 0 saturated carbocycles. The minimum absolute atomic E-state index is 0.0188. The van der Waals surface area contributed by atoms with Gasteiger partial charge in [-0.2, -0.15) is 0 Å². The SMILES string of the molecule is NCc1cccc(-c2nc(C(=O)Nc3ccoc3COC=O)c3cccn3n2)c1F. The summed E-state index contributed by atoms with van der Waals surface area (Å²) in [6, 6.07) is 9.61. The number of nitrogens with one attached hydrogen (secondary N) is 1. The van der Waals surface area contributed by atoms with E-state index in [1.165, 1.54) is 22.9 Å². The molecular weight excluding hydrogens is 393 g/mol. The zero-order chi connectivity index (χ0) is 21.1. The number of carbonyl (C=O) groups is 2. The molecule has 0 saturated heterocycles. The van der Waals surface area contributed by atoms with E-state index in [4.69, 9.17) is 10.2 Å². The number of hydrogen-bond acceptors (Lipinski definition) is 7. The fraction of sp³-hybridized carbons (Fsp3) is 0.100. The smallest absolute Gasteiger partial charge is 0.293 e. The van der Waals surface area contributed by atoms with Crippen LogP contribution in [-0.2, 0) is 22.7 Å². The Bertz CT molecular complexity index is 1230. The quantitative estimate of drug-likeness (QED) is 0.449. The summed E-state index contributed by atoms with van der Waals surface area (Å²) in [5.74, 6) is -0.807. The first-order chi connectivity index (χ1) is 14.6. The molecule has 0 fully saturated rings. The van der Waals surface area contributed by atoms with E-state index in [9.17, 15) is 14.0 Å². The number of fused-ring (bicyclic) bond motifs is 1. The lowest BCUT2D eigenvalue weighted by Crippen LogP contribution is -2.17. The van der Waals surface area contributed by atoms with Crippen LogP contribution in [0.3, 0.4) is 0 Å². The number of furan rings is 1. The molecule has 9 nitrogen and oxygen atoms in total. The van der Waals surface area contributed by atoms with E-state index in [1.54, 1.807) is 30.5 Å². The first-order valence-corrected chi connectivity index (χ1v) is 8.88. The highest BCUT2D eigenvalue weighted by Gasteiger charge is 2.20. The third kappa shape index (κ3) is 3.51. The van der Waals surface area contributed by atoms with Crippen LogP contribution in [0.1, 0.15) is 21.8 Å². The van der Waals surface area contributed by atoms with Gasteiger partial charge in [0.15, 0.2) is 23.9 Å². The maximum absolute atomic E-state index is 14.8. The van der Waals surface area contributed by atoms with E-state index in [0.29, 0.717) is 16.8 Å². The molecule has 1 aromatic carbocycles. The zero-order valence-electron chi connectivity index (χ0n) is 15.5. The summed E-state index contributed by atoms with van der Waals surface area (Å²) in [7, 11) is 0. The Kier molecular flexibility index (Phi) is 5.22. The average molecular weight is 409 g/mol. The average Bonchev–Trinajstić information content (AvgIpc) is 3.40. The summed E-state index contributed by atoms with van der Waals surface area (Å²) in [6.07, 6.45) is 2.98. The number of anilines is 1. The van der Waals surface area contributed by atoms with E-state index < -0.39 is 11.7 Å². The third-order valence-corrected chi connectivity index (χ3v) is 4.42. The normalized spacial score (nSPS) is 10.9. The van der Waals surface area contributed by atoms with Gasteiger partial charge in [0, 0.05) is 24.4 Å². The van der Waals surface area contributed by atoms with Gasteiger partial charge in [0.25, 0.3) is 12.4 Å². The largest absolute Gasteiger partial charge is 0.463 e. The van der Waals surface area contributed by atoms with Gasteiger partial charge in [-0.05, 0) is 18.2 Å². The highest BCUT2D eigenvalue weighted by molar-refractivity contribution is 6.07. The van der Waals surface area contributed by atoms with Gasteiger partial charge in [-0.3, -0.25) is 9.59 Å². The second kappa shape index (κ2) is 8.13. The minimum atomic E-state index is -0.563. The van der Waals surface area contributed by atoms with Crippen LogP contribution < -0.4 is 11.1 Å². The van der Waals surface area contributed by atoms with Crippen molar-refractivity contribution >= 4 is 23.6 Å². The van der Waals surface area contributed by atoms with Gasteiger partial charge in [0.2, 0.25) is 0 Å². The van der Waals surface area contributed by atoms with Crippen LogP contribution >= 0.6 is 0 Å². The first kappa shape index (κ1) is 19.3. The van der Waals surface area contributed by atoms with E-state index >= 15 is 0 Å². The van der Waals surface area contributed by atoms with E-state index in [2.05, 4.69) is 20.1 Å². The Balaban J connectivity index is 1.75. The van der Waals surface area contributed by atoms with Crippen LogP contribution in [-0.4, -0.2) is 27.0 Å². The van der Waals surface area contributed by atoms with Crippen molar-refractivity contribution in [2.45, 2.75) is 13.2 Å². The van der Waals surface area contributed by atoms with Gasteiger partial charge in [-0.15, -0.1) is 5.10 Å². The van der Waals surface area contributed by atoms with Crippen LogP contribution in [0.4, 0.5) is 10.1 Å². The van der Waals surface area contributed by atoms with Crippen LogP contribution in [0.5, 0.6) is 0 Å². The van der Waals surface area contributed by atoms with Crippen molar-refractivity contribution in [2.24, 2.45) is 5.73 Å². The molecule has 4 rings (SSSR count). The molecule has 152 valence electrons. The zero-order valence-corrected chi connectivity index (χ0v) is 15.5. The number of nitrogens with zero attached hydrogens (tertiary/aromatic N) is 3. The summed E-state index contributed by atoms with van der Waals surface area (Å²) in [5, 5.41) is 6.97. The molecule has 0 spiro atoms. The summed E-state index contributed by atoms with van der Waals surface area (Å²) in [4.78, 5) is 27.7. The second-order valence-electron chi connectivity index (χ2n) is 6.22. The van der Waals surface area contributed by atoms with E-state index in [1.807, 2.05) is 0 Å². The standard InChI is InChI=1S/C20H16FN5O4/c21-17-12(9-22)3-1-4-13(17)19-24-18(15-5-2-7-26(15)25-19)20(28)23-14-6-8-30-16(14)10-29-11-27/h1-8,11H,9-10,22H2,(H,23,28). The number of aromatic nitrogens is 3. The summed E-state index contributed by atoms with van der Waals surface area (Å²) in [6.45, 7) is 0.155. The van der Waals surface area contributed by atoms with Crippen molar-refractivity contribution in [3.05, 3.63) is 71.7 Å². The Morgan fingerprint density at radius 2 is 2.17 bits per heavy atom. The fourth-order valence-electron chi connectivity index (χ4n) is 2.98. The maximum atomic E-state index is 14.8. The highest BCUT2D eigenvalue weighted by Crippen LogP contribution is 2.24. The van der Waals surface area contributed by atoms with Crippen LogP contribution in [0.15, 0.2) is 53.3 Å². The van der Waals surface area contributed by atoms with Crippen molar-refractivity contribution in [2.75, 3.05) is 5.32 Å². The van der Waals surface area contributed by atoms with Gasteiger partial charge in [-0.1, -0.05) is 12.1 Å². The Morgan fingerprint density at radius 1 is 1.30 bits per heavy atom. The van der Waals surface area contributed by atoms with Crippen molar-refractivity contribution in [3.63, 3.8) is 0 Å². The molecule has 0 aliphatic rings. The minimum Gasteiger partial charge on any atom is -0.463 e. The molecule has 0 radical (unpaired) electrons. The number of benzene rings is 1. The molecular formula is C20H16FN5O4. The number of halogens is 1. The molecule has 0 aliphatic heterocycles. The van der Waals surface area contributed by atoms with Gasteiger partial charge < -0.3 is 20.2 Å². The Labute approximate surface area is 169 Å². The number of hydrogen-bond donors (Lipinski definition) is 2. The second-order valence-corrected chi connectivity index (χ2v) is 6.22. The summed E-state index contributed by atoms with van der Waals surface area (Å²) in [5.41, 5.74) is 6.81. The van der Waals surface area contributed by atoms with Crippen LogP contribution in [0, 0.1) is 5.82 Å². The lowest BCUT2D eigenvalue weighted by atomic mass is 10.1. The lowest BCUT2D eigenvalue weighted by Gasteiger charge is -2.10. The van der Waals surface area contributed by atoms with Gasteiger partial charge >= 0.3 is 0 Å². The predicted molar refractivity (Wildman–Crippen MR) is 104 cm³/mol. The molecule has 3 aromatic heterocycles. The van der Waals surface area contributed by atoms with Crippen molar-refractivity contribution < 1.29 is 23.1 Å². The molecule has 30 heavy (non-hydrogen) atoms. The number of carbonyl (C=O) groups excluding carboxylic acids is 2. The van der Waals surface area contributed by atoms with Crippen molar-refractivity contribution in [1.29, 1.82) is 0 Å². The van der Waals surface area contributed by atoms with Crippen molar-refractivity contribution in [3.8, 4) is 11.4 Å². The molecule has 0 aliphatic carbocycles. The van der Waals surface area contributed by atoms with Gasteiger partial charge in [-0.25, -0.2) is 13.9 Å². The van der Waals surface area contributed by atoms with E-state index in [0.717, 1.165) is 0 Å². The third-order valence-electron chi connectivity index (χ3n) is 4.42. The number of amides is 1. The monoisotopic (exact) mass is 409 g/mol. The van der Waals surface area contributed by atoms with Crippen LogP contribution in [0.2, 0.25) is 0 Å². The predicted octanol–water partition coefficient (Wildman–Crippen LogP) is 2.51. The molecule has 3 heterocycles. The fourth-order valence-corrected chi connectivity index (χ4v) is 2.98. The molecule has 0 unspecified atom stereocenters. The Morgan fingerprint density at radius 3 is 2.97 bits per heavy atom. The van der Waals surface area contributed by atoms with E-state index in [-0.39, 0.29) is 42.5 Å². The number of rotatable bonds is 7. The summed E-state index contributed by atoms with van der Waals surface area (Å²) >= 11 is 0. The number of ether oxygens (including phenoxy) is 1. The lowest BCUT2D eigenvalue weighted by molar-refractivity contribution is -0.130. The molecule has 10 heteroatoms. The maximum Gasteiger partial charge on any atom is 0.293 e. The van der Waals surface area contributed by atoms with Crippen molar-refractivity contribution in [1.82, 2.24) is 14.6 Å².